The molecule has 2 N–H and O–H groups in total. The van der Waals surface area contributed by atoms with Crippen molar-refractivity contribution in [3.8, 4) is 11.5 Å². The van der Waals surface area contributed by atoms with Gasteiger partial charge in [-0.05, 0) is 18.4 Å². The smallest absolute Gasteiger partial charge is 0.277 e. The second-order valence-corrected chi connectivity index (χ2v) is 10.5. The van der Waals surface area contributed by atoms with E-state index in [1.165, 1.54) is 11.3 Å². The number of hydrogen-bond donors (Lipinski definition) is 1. The number of thiazole rings is 1. The first-order valence-corrected chi connectivity index (χ1v) is 10.7. The lowest BCUT2D eigenvalue weighted by Gasteiger charge is -2.14. The summed E-state index contributed by atoms with van der Waals surface area (Å²) in [7, 11) is -2.50. The molecule has 2 heterocycles. The summed E-state index contributed by atoms with van der Waals surface area (Å²) in [5.41, 5.74) is 5.99. The molecule has 7 heteroatoms. The number of nitrogens with two attached hydrogens (primary N) is 1. The third kappa shape index (κ3) is 3.59. The summed E-state index contributed by atoms with van der Waals surface area (Å²) in [4.78, 5) is 16.8. The first-order chi connectivity index (χ1) is 10.8. The highest BCUT2D eigenvalue weighted by molar-refractivity contribution is 7.71. The normalized spacial score (nSPS) is 12.0. The number of nitrogens with zero attached hydrogens (tertiary/aromatic N) is 1. The van der Waals surface area contributed by atoms with Gasteiger partial charge in [0.05, 0.1) is 11.6 Å². The van der Waals surface area contributed by atoms with Crippen LogP contribution in [0.1, 0.15) is 42.4 Å². The van der Waals surface area contributed by atoms with Gasteiger partial charge >= 0.3 is 0 Å². The van der Waals surface area contributed by atoms with E-state index in [1.54, 1.807) is 12.3 Å². The van der Waals surface area contributed by atoms with Crippen LogP contribution < -0.4 is 11.0 Å². The van der Waals surface area contributed by atoms with Crippen molar-refractivity contribution in [2.75, 3.05) is 12.3 Å². The van der Waals surface area contributed by atoms with E-state index in [-0.39, 0.29) is 5.01 Å². The molecule has 0 aliphatic heterocycles. The van der Waals surface area contributed by atoms with Crippen LogP contribution in [0.25, 0.3) is 11.5 Å². The van der Waals surface area contributed by atoms with Gasteiger partial charge in [0, 0.05) is 17.2 Å². The van der Waals surface area contributed by atoms with Crippen LogP contribution in [-0.4, -0.2) is 23.2 Å². The number of carbonyl (C=O) groups is 1. The third-order valence-electron chi connectivity index (χ3n) is 3.82. The molecular formula is C16H23N2O3PS. The Labute approximate surface area is 140 Å². The molecule has 23 heavy (non-hydrogen) atoms. The number of hydrogen-bond acceptors (Lipinski definition) is 5. The van der Waals surface area contributed by atoms with Crippen LogP contribution in [0.15, 0.2) is 16.7 Å². The maximum Gasteiger partial charge on any atom is 0.277 e. The van der Waals surface area contributed by atoms with E-state index in [4.69, 9.17) is 10.2 Å². The van der Waals surface area contributed by atoms with Crippen LogP contribution in [0.4, 0.5) is 0 Å². The van der Waals surface area contributed by atoms with E-state index in [9.17, 15) is 9.36 Å². The molecule has 0 aliphatic carbocycles. The number of rotatable bonds is 7. The Kier molecular flexibility index (Phi) is 5.48. The SMILES string of the molecule is CCP(=O)(CC)c1ccoc1-c1nc(C(N)=O)sc1CC(C)C. The van der Waals surface area contributed by atoms with Crippen molar-refractivity contribution in [3.63, 3.8) is 0 Å². The summed E-state index contributed by atoms with van der Waals surface area (Å²) in [6, 6.07) is 1.77. The number of aromatic nitrogens is 1. The van der Waals surface area contributed by atoms with Gasteiger partial charge in [-0.25, -0.2) is 4.98 Å². The second kappa shape index (κ2) is 7.02. The fourth-order valence-electron chi connectivity index (χ4n) is 2.51. The number of carbonyl (C=O) groups excluding carboxylic acids is 1. The van der Waals surface area contributed by atoms with Crippen molar-refractivity contribution in [2.45, 2.75) is 34.1 Å². The Balaban J connectivity index is 2.61. The first kappa shape index (κ1) is 18.0. The lowest BCUT2D eigenvalue weighted by Crippen LogP contribution is -2.11. The average molecular weight is 354 g/mol. The van der Waals surface area contributed by atoms with Crippen molar-refractivity contribution in [2.24, 2.45) is 11.7 Å². The molecule has 0 spiro atoms. The molecule has 0 fully saturated rings. The molecular weight excluding hydrogens is 331 g/mol. The minimum Gasteiger partial charge on any atom is -0.462 e. The summed E-state index contributed by atoms with van der Waals surface area (Å²) in [6.45, 7) is 8.04. The van der Waals surface area contributed by atoms with E-state index in [1.807, 2.05) is 13.8 Å². The third-order valence-corrected chi connectivity index (χ3v) is 8.19. The highest BCUT2D eigenvalue weighted by atomic mass is 32.1. The number of furan rings is 1. The molecule has 0 aliphatic rings. The second-order valence-electron chi connectivity index (χ2n) is 5.91. The molecule has 0 bridgehead atoms. The van der Waals surface area contributed by atoms with Crippen molar-refractivity contribution in [3.05, 3.63) is 22.2 Å². The molecule has 126 valence electrons. The Morgan fingerprint density at radius 2 is 2.04 bits per heavy atom. The molecule has 0 aromatic carbocycles. The van der Waals surface area contributed by atoms with Gasteiger partial charge in [0.25, 0.3) is 5.91 Å². The van der Waals surface area contributed by atoms with Crippen LogP contribution >= 0.6 is 18.5 Å². The van der Waals surface area contributed by atoms with Crippen molar-refractivity contribution < 1.29 is 13.8 Å². The van der Waals surface area contributed by atoms with Crippen LogP contribution in [0.2, 0.25) is 0 Å². The zero-order chi connectivity index (χ0) is 17.2. The molecule has 0 radical (unpaired) electrons. The Morgan fingerprint density at radius 1 is 1.39 bits per heavy atom. The van der Waals surface area contributed by atoms with Gasteiger partial charge in [-0.1, -0.05) is 27.7 Å². The molecule has 5 nitrogen and oxygen atoms in total. The van der Waals surface area contributed by atoms with Crippen LogP contribution in [-0.2, 0) is 11.0 Å². The van der Waals surface area contributed by atoms with Gasteiger partial charge < -0.3 is 14.7 Å². The summed E-state index contributed by atoms with van der Waals surface area (Å²) < 4.78 is 18.7. The summed E-state index contributed by atoms with van der Waals surface area (Å²) in [5, 5.41) is 0.981. The van der Waals surface area contributed by atoms with E-state index in [0.717, 1.165) is 11.3 Å². The van der Waals surface area contributed by atoms with Gasteiger partial charge in [-0.15, -0.1) is 11.3 Å². The van der Waals surface area contributed by atoms with E-state index in [0.29, 0.717) is 35.0 Å². The highest BCUT2D eigenvalue weighted by Gasteiger charge is 2.29. The van der Waals surface area contributed by atoms with Gasteiger partial charge in [0.2, 0.25) is 0 Å². The molecule has 1 amide bonds. The molecule has 0 saturated carbocycles. The minimum atomic E-state index is -2.50. The van der Waals surface area contributed by atoms with Crippen LogP contribution in [0, 0.1) is 5.92 Å². The zero-order valence-electron chi connectivity index (χ0n) is 14.0. The molecule has 0 saturated heterocycles. The summed E-state index contributed by atoms with van der Waals surface area (Å²) >= 11 is 1.29. The molecule has 2 rings (SSSR count). The van der Waals surface area contributed by atoms with Gasteiger partial charge in [-0.2, -0.15) is 0 Å². The van der Waals surface area contributed by atoms with Crippen molar-refractivity contribution >= 4 is 29.7 Å². The maximum absolute atomic E-state index is 13.1. The fraction of sp³-hybridized carbons (Fsp3) is 0.500. The highest BCUT2D eigenvalue weighted by Crippen LogP contribution is 2.47. The largest absolute Gasteiger partial charge is 0.462 e. The average Bonchev–Trinajstić information content (AvgIpc) is 3.12. The minimum absolute atomic E-state index is 0.265. The predicted octanol–water partition coefficient (Wildman–Crippen LogP) is 3.73. The standard InChI is InChI=1S/C16H23N2O3PS/c1-5-22(20,6-2)11-7-8-21-14(11)13-12(9-10(3)4)23-16(18-13)15(17)19/h7-8,10H,5-6,9H2,1-4H3,(H2,17,19). The zero-order valence-corrected chi connectivity index (χ0v) is 15.7. The van der Waals surface area contributed by atoms with Crippen LogP contribution in [0.3, 0.4) is 0 Å². The van der Waals surface area contributed by atoms with Crippen molar-refractivity contribution in [1.82, 2.24) is 4.98 Å². The van der Waals surface area contributed by atoms with E-state index < -0.39 is 13.0 Å². The van der Waals surface area contributed by atoms with Crippen LogP contribution in [0.5, 0.6) is 0 Å². The van der Waals surface area contributed by atoms with Gasteiger partial charge in [-0.3, -0.25) is 4.79 Å². The first-order valence-electron chi connectivity index (χ1n) is 7.78. The Morgan fingerprint density at radius 3 is 2.57 bits per heavy atom. The lowest BCUT2D eigenvalue weighted by molar-refractivity contribution is 0.1000. The molecule has 2 aromatic rings. The number of primary amides is 1. The molecule has 0 unspecified atom stereocenters. The summed E-state index contributed by atoms with van der Waals surface area (Å²) in [6.07, 6.45) is 3.46. The molecule has 0 atom stereocenters. The van der Waals surface area contributed by atoms with E-state index >= 15 is 0 Å². The predicted molar refractivity (Wildman–Crippen MR) is 95.2 cm³/mol. The fourth-order valence-corrected chi connectivity index (χ4v) is 5.62. The maximum atomic E-state index is 13.1. The van der Waals surface area contributed by atoms with E-state index in [2.05, 4.69) is 18.8 Å². The van der Waals surface area contributed by atoms with Gasteiger partial charge in [0.1, 0.15) is 12.8 Å². The lowest BCUT2D eigenvalue weighted by atomic mass is 10.1. The topological polar surface area (TPSA) is 86.2 Å². The summed E-state index contributed by atoms with van der Waals surface area (Å²) in [5.74, 6) is 0.377. The van der Waals surface area contributed by atoms with Gasteiger partial charge in [0.15, 0.2) is 10.8 Å². The molecule has 2 aromatic heterocycles. The monoisotopic (exact) mass is 354 g/mol. The quantitative estimate of drug-likeness (QED) is 0.768. The number of amides is 1. The van der Waals surface area contributed by atoms with Crippen molar-refractivity contribution in [1.29, 1.82) is 0 Å². The Hall–Kier alpha value is -1.39. The Bertz CT molecular complexity index is 740.